The van der Waals surface area contributed by atoms with Crippen LogP contribution in [0.1, 0.15) is 43.0 Å². The fraction of sp³-hybridized carbons (Fsp3) is 0.591. The lowest BCUT2D eigenvalue weighted by molar-refractivity contribution is 0.0483. The Balaban J connectivity index is 2.15. The highest BCUT2D eigenvalue weighted by atomic mass is 32.2. The second-order valence-electron chi connectivity index (χ2n) is 7.70. The van der Waals surface area contributed by atoms with Crippen molar-refractivity contribution < 1.29 is 27.4 Å². The van der Waals surface area contributed by atoms with E-state index in [1.54, 1.807) is 7.05 Å². The molecule has 0 N–H and O–H groups in total. The molecule has 1 aromatic rings. The zero-order valence-electron chi connectivity index (χ0n) is 18.1. The van der Waals surface area contributed by atoms with E-state index < -0.39 is 16.0 Å². The second-order valence-corrected chi connectivity index (χ2v) is 9.74. The Kier molecular flexibility index (Phi) is 9.33. The van der Waals surface area contributed by atoms with Crippen LogP contribution in [0.4, 0.5) is 0 Å². The van der Waals surface area contributed by atoms with Crippen molar-refractivity contribution in [3.63, 3.8) is 0 Å². The van der Waals surface area contributed by atoms with Crippen LogP contribution in [0.3, 0.4) is 0 Å². The van der Waals surface area contributed by atoms with Crippen molar-refractivity contribution in [1.82, 2.24) is 4.31 Å². The van der Waals surface area contributed by atoms with Gasteiger partial charge >= 0.3 is 5.97 Å². The Morgan fingerprint density at radius 2 is 2.07 bits per heavy atom. The summed E-state index contributed by atoms with van der Waals surface area (Å²) >= 11 is 0. The summed E-state index contributed by atoms with van der Waals surface area (Å²) in [6.45, 7) is 8.03. The number of nitrogens with zero attached hydrogens (tertiary/aromatic N) is 1. The van der Waals surface area contributed by atoms with Crippen LogP contribution in [0.5, 0.6) is 5.75 Å². The van der Waals surface area contributed by atoms with Gasteiger partial charge in [-0.25, -0.2) is 17.5 Å². The minimum Gasteiger partial charge on any atom is -0.492 e. The molecule has 1 heterocycles. The molecule has 0 radical (unpaired) electrons. The molecule has 8 heteroatoms. The van der Waals surface area contributed by atoms with Crippen LogP contribution < -0.4 is 4.74 Å². The molecule has 1 unspecified atom stereocenters. The number of hydrogen-bond acceptors (Lipinski definition) is 6. The maximum absolute atomic E-state index is 13.0. The van der Waals surface area contributed by atoms with E-state index in [0.717, 1.165) is 25.7 Å². The van der Waals surface area contributed by atoms with Crippen LogP contribution in [0.25, 0.3) is 0 Å². The highest BCUT2D eigenvalue weighted by molar-refractivity contribution is 7.89. The molecule has 1 atom stereocenters. The van der Waals surface area contributed by atoms with E-state index >= 15 is 0 Å². The lowest BCUT2D eigenvalue weighted by Crippen LogP contribution is -2.28. The van der Waals surface area contributed by atoms with Crippen molar-refractivity contribution in [2.75, 3.05) is 40.5 Å². The number of carbonyl (C=O) groups excluding carboxylic acids is 1. The third-order valence-corrected chi connectivity index (χ3v) is 7.27. The van der Waals surface area contributed by atoms with Gasteiger partial charge in [0, 0.05) is 26.8 Å². The Morgan fingerprint density at radius 1 is 1.37 bits per heavy atom. The van der Waals surface area contributed by atoms with Gasteiger partial charge in [-0.05, 0) is 55.7 Å². The van der Waals surface area contributed by atoms with Gasteiger partial charge in [-0.1, -0.05) is 13.0 Å². The Morgan fingerprint density at radius 3 is 2.70 bits per heavy atom. The number of esters is 1. The van der Waals surface area contributed by atoms with Gasteiger partial charge in [-0.3, -0.25) is 0 Å². The summed E-state index contributed by atoms with van der Waals surface area (Å²) in [4.78, 5) is 12.3. The Hall–Kier alpha value is -1.90. The number of benzene rings is 1. The summed E-state index contributed by atoms with van der Waals surface area (Å²) in [7, 11) is -0.927. The third kappa shape index (κ3) is 6.55. The highest BCUT2D eigenvalue weighted by Gasteiger charge is 2.25. The monoisotopic (exact) mass is 439 g/mol. The summed E-state index contributed by atoms with van der Waals surface area (Å²) in [5, 5.41) is 0. The topological polar surface area (TPSA) is 82.1 Å². The van der Waals surface area contributed by atoms with E-state index in [1.807, 2.05) is 13.0 Å². The number of methoxy groups -OCH3 is 1. The SMILES string of the molecule is C=CC(C)CCCN(C)S(=O)(=O)c1ccc(OCC2CCOCC2)c(C(=O)OC)c1. The summed E-state index contributed by atoms with van der Waals surface area (Å²) in [6, 6.07) is 4.35. The third-order valence-electron chi connectivity index (χ3n) is 5.41. The zero-order chi connectivity index (χ0) is 22.1. The molecule has 0 bridgehead atoms. The molecule has 7 nitrogen and oxygen atoms in total. The van der Waals surface area contributed by atoms with Crippen molar-refractivity contribution in [3.8, 4) is 5.75 Å². The molecular weight excluding hydrogens is 406 g/mol. The number of carbonyl (C=O) groups is 1. The van der Waals surface area contributed by atoms with Crippen LogP contribution in [-0.2, 0) is 19.5 Å². The second kappa shape index (κ2) is 11.5. The first-order chi connectivity index (χ1) is 14.3. The molecule has 1 aromatic carbocycles. The van der Waals surface area contributed by atoms with Crippen LogP contribution >= 0.6 is 0 Å². The van der Waals surface area contributed by atoms with Gasteiger partial charge in [0.05, 0.1) is 18.6 Å². The fourth-order valence-corrected chi connectivity index (χ4v) is 4.48. The molecule has 0 spiro atoms. The maximum Gasteiger partial charge on any atom is 0.341 e. The Bertz CT molecular complexity index is 817. The standard InChI is InChI=1S/C22H33NO6S/c1-5-17(2)7-6-12-23(3)30(25,26)19-8-9-21(20(15-19)22(24)27-4)29-16-18-10-13-28-14-11-18/h5,8-9,15,17-18H,1,6-7,10-14,16H2,2-4H3. The maximum atomic E-state index is 13.0. The van der Waals surface area contributed by atoms with E-state index in [0.29, 0.717) is 44.0 Å². The number of rotatable bonds is 11. The lowest BCUT2D eigenvalue weighted by Gasteiger charge is -2.23. The molecule has 168 valence electrons. The molecule has 0 saturated carbocycles. The van der Waals surface area contributed by atoms with Crippen molar-refractivity contribution in [2.45, 2.75) is 37.5 Å². The quantitative estimate of drug-likeness (QED) is 0.388. The minimum atomic E-state index is -3.73. The van der Waals surface area contributed by atoms with Crippen molar-refractivity contribution >= 4 is 16.0 Å². The van der Waals surface area contributed by atoms with Crippen LogP contribution in [0.15, 0.2) is 35.7 Å². The predicted octanol–water partition coefficient (Wildman–Crippen LogP) is 3.50. The first-order valence-electron chi connectivity index (χ1n) is 10.3. The summed E-state index contributed by atoms with van der Waals surface area (Å²) < 4.78 is 43.3. The molecular formula is C22H33NO6S. The van der Waals surface area contributed by atoms with Crippen molar-refractivity contribution in [1.29, 1.82) is 0 Å². The number of allylic oxidation sites excluding steroid dienone is 1. The molecule has 1 fully saturated rings. The predicted molar refractivity (Wildman–Crippen MR) is 115 cm³/mol. The van der Waals surface area contributed by atoms with Crippen molar-refractivity contribution in [3.05, 3.63) is 36.4 Å². The molecule has 0 aliphatic carbocycles. The zero-order valence-corrected chi connectivity index (χ0v) is 18.9. The van der Waals surface area contributed by atoms with Gasteiger partial charge in [0.2, 0.25) is 10.0 Å². The van der Waals surface area contributed by atoms with E-state index in [1.165, 1.54) is 29.6 Å². The molecule has 0 amide bonds. The minimum absolute atomic E-state index is 0.0422. The van der Waals surface area contributed by atoms with Gasteiger partial charge in [-0.2, -0.15) is 0 Å². The van der Waals surface area contributed by atoms with Gasteiger partial charge in [0.15, 0.2) is 0 Å². The van der Waals surface area contributed by atoms with E-state index in [9.17, 15) is 13.2 Å². The summed E-state index contributed by atoms with van der Waals surface area (Å²) in [5.74, 6) is 0.377. The molecule has 0 aromatic heterocycles. The average molecular weight is 440 g/mol. The molecule has 1 saturated heterocycles. The molecule has 2 rings (SSSR count). The average Bonchev–Trinajstić information content (AvgIpc) is 2.77. The normalized spacial score (nSPS) is 16.3. The number of hydrogen-bond donors (Lipinski definition) is 0. The van der Waals surface area contributed by atoms with Gasteiger partial charge < -0.3 is 14.2 Å². The van der Waals surface area contributed by atoms with Crippen LogP contribution in [0.2, 0.25) is 0 Å². The molecule has 30 heavy (non-hydrogen) atoms. The van der Waals surface area contributed by atoms with Gasteiger partial charge in [0.1, 0.15) is 11.3 Å². The largest absolute Gasteiger partial charge is 0.492 e. The first-order valence-corrected chi connectivity index (χ1v) is 11.8. The van der Waals surface area contributed by atoms with Crippen LogP contribution in [-0.4, -0.2) is 59.2 Å². The lowest BCUT2D eigenvalue weighted by atomic mass is 10.0. The Labute approximate surface area is 180 Å². The smallest absolute Gasteiger partial charge is 0.341 e. The number of sulfonamides is 1. The van der Waals surface area contributed by atoms with Gasteiger partial charge in [0.25, 0.3) is 0 Å². The molecule has 1 aliphatic rings. The van der Waals surface area contributed by atoms with E-state index in [2.05, 4.69) is 6.58 Å². The van der Waals surface area contributed by atoms with E-state index in [4.69, 9.17) is 14.2 Å². The summed E-state index contributed by atoms with van der Waals surface area (Å²) in [5.41, 5.74) is 0.110. The molecule has 1 aliphatic heterocycles. The first kappa shape index (κ1) is 24.4. The summed E-state index contributed by atoms with van der Waals surface area (Å²) in [6.07, 6.45) is 5.23. The van der Waals surface area contributed by atoms with Crippen LogP contribution in [0, 0.1) is 11.8 Å². The van der Waals surface area contributed by atoms with Gasteiger partial charge in [-0.15, -0.1) is 6.58 Å². The number of ether oxygens (including phenoxy) is 3. The fourth-order valence-electron chi connectivity index (χ4n) is 3.24. The van der Waals surface area contributed by atoms with E-state index in [-0.39, 0.29) is 10.5 Å². The van der Waals surface area contributed by atoms with Crippen molar-refractivity contribution in [2.24, 2.45) is 11.8 Å². The highest BCUT2D eigenvalue weighted by Crippen LogP contribution is 2.27.